The van der Waals surface area contributed by atoms with Gasteiger partial charge in [-0.25, -0.2) is 23.1 Å². The third kappa shape index (κ3) is 6.12. The average molecular weight is 521 g/mol. The zero-order valence-corrected chi connectivity index (χ0v) is 21.2. The first kappa shape index (κ1) is 23.6. The number of hydrogen-bond donors (Lipinski definition) is 3. The Balaban J connectivity index is 1.38. The summed E-state index contributed by atoms with van der Waals surface area (Å²) in [5.74, 6) is 0. The van der Waals surface area contributed by atoms with Crippen molar-refractivity contribution in [3.05, 3.63) is 101 Å². The van der Waals surface area contributed by atoms with E-state index in [0.29, 0.717) is 12.8 Å². The van der Waals surface area contributed by atoms with Crippen molar-refractivity contribution >= 4 is 38.7 Å². The lowest BCUT2D eigenvalue weighted by Crippen LogP contribution is -2.26. The smallest absolute Gasteiger partial charge is 0.201 e. The zero-order valence-electron chi connectivity index (χ0n) is 18.7. The predicted octanol–water partition coefficient (Wildman–Crippen LogP) is 5.85. The highest BCUT2D eigenvalue weighted by Gasteiger charge is 2.20. The van der Waals surface area contributed by atoms with E-state index in [4.69, 9.17) is 9.97 Å². The van der Waals surface area contributed by atoms with Gasteiger partial charge in [-0.1, -0.05) is 78.9 Å². The Kier molecular flexibility index (Phi) is 7.48. The van der Waals surface area contributed by atoms with Gasteiger partial charge in [-0.3, -0.25) is 0 Å². The molecule has 0 spiro atoms. The van der Waals surface area contributed by atoms with Crippen molar-refractivity contribution in [1.82, 2.24) is 14.7 Å². The molecule has 2 N–H and O–H groups in total. The van der Waals surface area contributed by atoms with Crippen LogP contribution in [0.4, 0.5) is 5.13 Å². The molecule has 1 unspecified atom stereocenters. The molecule has 2 aromatic carbocycles. The van der Waals surface area contributed by atoms with Gasteiger partial charge in [0, 0.05) is 27.9 Å². The third-order valence-corrected chi connectivity index (χ3v) is 7.88. The molecule has 1 aliphatic rings. The lowest BCUT2D eigenvalue weighted by molar-refractivity contribution is 0.590. The summed E-state index contributed by atoms with van der Waals surface area (Å²) in [6.07, 6.45) is 7.34. The Morgan fingerprint density at radius 2 is 1.69 bits per heavy atom. The average Bonchev–Trinajstić information content (AvgIpc) is 3.56. The molecule has 0 saturated heterocycles. The van der Waals surface area contributed by atoms with E-state index in [1.807, 2.05) is 48.6 Å². The SMILES string of the molecule is O=[SH](=O)NC1C=CC(C[C@H](Nc2nc(-c3ccccc3)cs2)c2csc(-c3ccccc3)n2)=CC1. The van der Waals surface area contributed by atoms with Crippen LogP contribution in [0.1, 0.15) is 24.6 Å². The second kappa shape index (κ2) is 11.1. The van der Waals surface area contributed by atoms with Crippen molar-refractivity contribution in [3.63, 3.8) is 0 Å². The van der Waals surface area contributed by atoms with Crippen LogP contribution in [0.15, 0.2) is 95.2 Å². The van der Waals surface area contributed by atoms with E-state index in [2.05, 4.69) is 51.1 Å². The largest absolute Gasteiger partial charge is 0.353 e. The number of thiol groups is 1. The van der Waals surface area contributed by atoms with Crippen molar-refractivity contribution in [2.75, 3.05) is 5.32 Å². The summed E-state index contributed by atoms with van der Waals surface area (Å²) in [5.41, 5.74) is 5.22. The normalized spacial score (nSPS) is 16.3. The van der Waals surface area contributed by atoms with Gasteiger partial charge < -0.3 is 5.32 Å². The van der Waals surface area contributed by atoms with E-state index in [9.17, 15) is 8.42 Å². The Hall–Kier alpha value is -3.11. The number of hydrogen-bond acceptors (Lipinski definition) is 7. The summed E-state index contributed by atoms with van der Waals surface area (Å²) in [6.45, 7) is 0. The molecule has 2 heterocycles. The quantitative estimate of drug-likeness (QED) is 0.241. The van der Waals surface area contributed by atoms with Gasteiger partial charge in [-0.15, -0.1) is 22.7 Å². The maximum atomic E-state index is 11.0. The monoisotopic (exact) mass is 520 g/mol. The predicted molar refractivity (Wildman–Crippen MR) is 145 cm³/mol. The third-order valence-electron chi connectivity index (χ3n) is 5.66. The second-order valence-electron chi connectivity index (χ2n) is 8.12. The van der Waals surface area contributed by atoms with E-state index in [-0.39, 0.29) is 12.1 Å². The van der Waals surface area contributed by atoms with Crippen molar-refractivity contribution in [2.45, 2.75) is 24.9 Å². The highest BCUT2D eigenvalue weighted by atomic mass is 32.2. The van der Waals surface area contributed by atoms with Crippen molar-refractivity contribution < 1.29 is 8.42 Å². The minimum Gasteiger partial charge on any atom is -0.353 e. The maximum absolute atomic E-state index is 11.0. The molecule has 0 aliphatic heterocycles. The molecule has 178 valence electrons. The fourth-order valence-electron chi connectivity index (χ4n) is 3.90. The van der Waals surface area contributed by atoms with Crippen LogP contribution in [0.3, 0.4) is 0 Å². The van der Waals surface area contributed by atoms with E-state index in [1.54, 1.807) is 22.7 Å². The van der Waals surface area contributed by atoms with Crippen LogP contribution >= 0.6 is 22.7 Å². The first-order valence-corrected chi connectivity index (χ1v) is 14.1. The topological polar surface area (TPSA) is 84.0 Å². The molecule has 0 amide bonds. The van der Waals surface area contributed by atoms with Gasteiger partial charge in [0.2, 0.25) is 10.9 Å². The van der Waals surface area contributed by atoms with Crippen LogP contribution in [-0.4, -0.2) is 24.4 Å². The summed E-state index contributed by atoms with van der Waals surface area (Å²) in [4.78, 5) is 9.77. The van der Waals surface area contributed by atoms with Gasteiger partial charge in [-0.2, -0.15) is 0 Å². The Morgan fingerprint density at radius 1 is 0.943 bits per heavy atom. The standard InChI is InChI=1S/C26H24N4O2S3/c31-35(32)30-21-13-11-18(12-14-21)15-22(24-17-33-25(27-24)20-9-5-2-6-10-20)28-26-29-23(16-34-26)19-7-3-1-4-8-19/h1-13,16-17,21-22,35H,14-15H2,(H,28,29)(H,30,31,32)/t21?,22-/m0/s1. The van der Waals surface area contributed by atoms with Gasteiger partial charge >= 0.3 is 0 Å². The van der Waals surface area contributed by atoms with E-state index >= 15 is 0 Å². The zero-order chi connectivity index (χ0) is 24.0. The number of thiazole rings is 2. The van der Waals surface area contributed by atoms with Crippen LogP contribution < -0.4 is 10.0 Å². The molecule has 6 nitrogen and oxygen atoms in total. The van der Waals surface area contributed by atoms with Gasteiger partial charge in [0.05, 0.1) is 17.4 Å². The first-order valence-electron chi connectivity index (χ1n) is 11.2. The molecule has 35 heavy (non-hydrogen) atoms. The lowest BCUT2D eigenvalue weighted by atomic mass is 9.97. The molecular weight excluding hydrogens is 497 g/mol. The molecule has 9 heteroatoms. The number of anilines is 1. The number of allylic oxidation sites excluding steroid dienone is 1. The van der Waals surface area contributed by atoms with Crippen LogP contribution in [-0.2, 0) is 10.9 Å². The van der Waals surface area contributed by atoms with Crippen LogP contribution in [0.2, 0.25) is 0 Å². The van der Waals surface area contributed by atoms with Gasteiger partial charge in [-0.05, 0) is 18.4 Å². The molecule has 5 rings (SSSR count). The Bertz CT molecular complexity index is 1400. The molecule has 0 radical (unpaired) electrons. The van der Waals surface area contributed by atoms with Crippen molar-refractivity contribution in [2.24, 2.45) is 0 Å². The van der Waals surface area contributed by atoms with E-state index in [1.165, 1.54) is 0 Å². The molecule has 0 saturated carbocycles. The van der Waals surface area contributed by atoms with Crippen molar-refractivity contribution in [1.29, 1.82) is 0 Å². The second-order valence-corrected chi connectivity index (χ2v) is 10.6. The summed E-state index contributed by atoms with van der Waals surface area (Å²) in [7, 11) is -2.62. The molecule has 0 bridgehead atoms. The molecule has 2 aromatic heterocycles. The summed E-state index contributed by atoms with van der Waals surface area (Å²) in [5, 5.41) is 9.59. The fourth-order valence-corrected chi connectivity index (χ4v) is 6.02. The van der Waals surface area contributed by atoms with Crippen LogP contribution in [0.5, 0.6) is 0 Å². The molecule has 4 aromatic rings. The van der Waals surface area contributed by atoms with Gasteiger partial charge in [0.1, 0.15) is 5.01 Å². The molecule has 2 atom stereocenters. The van der Waals surface area contributed by atoms with E-state index < -0.39 is 10.9 Å². The maximum Gasteiger partial charge on any atom is 0.201 e. The van der Waals surface area contributed by atoms with Crippen molar-refractivity contribution in [3.8, 4) is 21.8 Å². The van der Waals surface area contributed by atoms with Crippen LogP contribution in [0.25, 0.3) is 21.8 Å². The summed E-state index contributed by atoms with van der Waals surface area (Å²) in [6, 6.07) is 20.0. The van der Waals surface area contributed by atoms with E-state index in [0.717, 1.165) is 38.2 Å². The lowest BCUT2D eigenvalue weighted by Gasteiger charge is -2.20. The number of nitrogens with zero attached hydrogens (tertiary/aromatic N) is 2. The molecule has 0 fully saturated rings. The Morgan fingerprint density at radius 3 is 2.37 bits per heavy atom. The minimum absolute atomic E-state index is 0.0740. The van der Waals surface area contributed by atoms with Crippen LogP contribution in [0, 0.1) is 0 Å². The fraction of sp³-hybridized carbons (Fsp3) is 0.154. The highest BCUT2D eigenvalue weighted by Crippen LogP contribution is 2.34. The van der Waals surface area contributed by atoms with Gasteiger partial charge in [0.15, 0.2) is 5.13 Å². The number of nitrogens with one attached hydrogen (secondary N) is 2. The molecule has 1 aliphatic carbocycles. The molecular formula is C26H24N4O2S3. The summed E-state index contributed by atoms with van der Waals surface area (Å²) < 4.78 is 24.5. The number of rotatable bonds is 9. The summed E-state index contributed by atoms with van der Waals surface area (Å²) >= 11 is 3.21. The number of benzene rings is 2. The minimum atomic E-state index is -2.62. The number of aromatic nitrogens is 2. The Labute approximate surface area is 214 Å². The highest BCUT2D eigenvalue weighted by molar-refractivity contribution is 7.70. The first-order chi connectivity index (χ1) is 17.1. The van der Waals surface area contributed by atoms with Gasteiger partial charge in [0.25, 0.3) is 0 Å².